The van der Waals surface area contributed by atoms with Gasteiger partial charge in [0.25, 0.3) is 0 Å². The molecular weight excluding hydrogens is 529 g/mol. The molecular formula is C27H55Na2O6PS. The van der Waals surface area contributed by atoms with Gasteiger partial charge in [0.05, 0.1) is 12.7 Å². The molecule has 0 bridgehead atoms. The van der Waals surface area contributed by atoms with Gasteiger partial charge < -0.3 is 19.3 Å². The van der Waals surface area contributed by atoms with Gasteiger partial charge in [0, 0.05) is 71.5 Å². The van der Waals surface area contributed by atoms with Gasteiger partial charge in [-0.05, 0) is 18.6 Å². The number of ether oxygens (including phenoxy) is 1. The molecule has 0 aliphatic carbocycles. The van der Waals surface area contributed by atoms with Crippen LogP contribution in [0.4, 0.5) is 0 Å². The Kier molecular flexibility index (Phi) is 38.0. The summed E-state index contributed by atoms with van der Waals surface area (Å²) in [5.41, 5.74) is 0. The molecule has 212 valence electrons. The zero-order valence-corrected chi connectivity index (χ0v) is 30.4. The van der Waals surface area contributed by atoms with Gasteiger partial charge >= 0.3 is 13.6 Å². The monoisotopic (exact) mass is 584 g/mol. The maximum atomic E-state index is 11.9. The minimum atomic E-state index is -4.12. The molecule has 2 atom stereocenters. The summed E-state index contributed by atoms with van der Waals surface area (Å²) in [6.45, 7) is 5.05. The minimum absolute atomic E-state index is 0. The van der Waals surface area contributed by atoms with E-state index in [0.29, 0.717) is 12.4 Å². The molecule has 0 saturated heterocycles. The van der Waals surface area contributed by atoms with Crippen molar-refractivity contribution < 1.29 is 28.6 Å². The van der Waals surface area contributed by atoms with E-state index < -0.39 is 19.7 Å². The normalized spacial score (nSPS) is 13.4. The average Bonchev–Trinajstić information content (AvgIpc) is 2.80. The van der Waals surface area contributed by atoms with Crippen LogP contribution in [0.3, 0.4) is 0 Å². The minimum Gasteiger partial charge on any atom is -0.481 e. The summed E-state index contributed by atoms with van der Waals surface area (Å²) in [5.74, 6) is 0.407. The van der Waals surface area contributed by atoms with Crippen LogP contribution in [0.25, 0.3) is 0 Å². The molecule has 2 N–H and O–H groups in total. The Hall–Kier alpha value is 1.93. The molecule has 37 heavy (non-hydrogen) atoms. The molecule has 0 fully saturated rings. The van der Waals surface area contributed by atoms with Crippen LogP contribution < -0.4 is 0 Å². The van der Waals surface area contributed by atoms with Gasteiger partial charge in [-0.25, -0.2) is 0 Å². The molecule has 0 rings (SSSR count). The van der Waals surface area contributed by atoms with E-state index in [2.05, 4.69) is 13.8 Å². The van der Waals surface area contributed by atoms with Crippen molar-refractivity contribution in [3.8, 4) is 0 Å². The number of thioether (sulfide) groups is 1. The Morgan fingerprint density at radius 2 is 1.19 bits per heavy atom. The van der Waals surface area contributed by atoms with Crippen molar-refractivity contribution in [2.24, 2.45) is 0 Å². The first-order chi connectivity index (χ1) is 16.9. The third kappa shape index (κ3) is 34.0. The second-order valence-electron chi connectivity index (χ2n) is 9.71. The fourth-order valence-electron chi connectivity index (χ4n) is 3.95. The average molecular weight is 585 g/mol. The van der Waals surface area contributed by atoms with Crippen LogP contribution in [0, 0.1) is 0 Å². The van der Waals surface area contributed by atoms with E-state index in [1.807, 2.05) is 0 Å². The molecule has 10 heteroatoms. The number of aliphatic carboxylic acids is 1. The van der Waals surface area contributed by atoms with Crippen LogP contribution in [-0.4, -0.2) is 112 Å². The van der Waals surface area contributed by atoms with Crippen molar-refractivity contribution in [2.45, 2.75) is 136 Å². The topological polar surface area (TPSA) is 93.1 Å². The SMILES string of the molecule is CCCCCCCCCCCCSCC(COP(=O)(O)CC(=O)O)OCCCCCCCCCC.[Na].[Na]. The van der Waals surface area contributed by atoms with Crippen molar-refractivity contribution >= 4 is 84.4 Å². The first kappa shape index (κ1) is 43.4. The predicted octanol–water partition coefficient (Wildman–Crippen LogP) is 7.69. The van der Waals surface area contributed by atoms with Crippen LogP contribution in [0.1, 0.15) is 129 Å². The molecule has 0 amide bonds. The van der Waals surface area contributed by atoms with E-state index >= 15 is 0 Å². The number of carbonyl (C=O) groups is 1. The molecule has 0 spiro atoms. The van der Waals surface area contributed by atoms with Crippen molar-refractivity contribution in [1.29, 1.82) is 0 Å². The third-order valence-corrected chi connectivity index (χ3v) is 8.50. The second-order valence-corrected chi connectivity index (χ2v) is 12.7. The summed E-state index contributed by atoms with van der Waals surface area (Å²) in [4.78, 5) is 20.5. The van der Waals surface area contributed by atoms with Gasteiger partial charge in [-0.2, -0.15) is 11.8 Å². The number of carboxylic acids is 1. The summed E-state index contributed by atoms with van der Waals surface area (Å²) >= 11 is 1.79. The summed E-state index contributed by atoms with van der Waals surface area (Å²) in [7, 11) is -4.12. The van der Waals surface area contributed by atoms with E-state index in [9.17, 15) is 14.3 Å². The van der Waals surface area contributed by atoms with Crippen molar-refractivity contribution in [1.82, 2.24) is 0 Å². The first-order valence-corrected chi connectivity index (χ1v) is 17.2. The molecule has 0 saturated carbocycles. The maximum Gasteiger partial charge on any atom is 0.339 e. The third-order valence-electron chi connectivity index (χ3n) is 6.09. The van der Waals surface area contributed by atoms with Crippen LogP contribution >= 0.6 is 19.4 Å². The predicted molar refractivity (Wildman–Crippen MR) is 161 cm³/mol. The molecule has 0 aromatic rings. The molecule has 2 radical (unpaired) electrons. The standard InChI is InChI=1S/C27H55O6PS.2Na/c1-3-5-7-9-11-13-14-16-18-20-22-35-25-26(23-33-34(30,31)24-27(28)29)32-21-19-17-15-12-10-8-6-4-2;;/h26H,3-25H2,1-2H3,(H,28,29)(H,30,31);;. The molecule has 0 aliphatic heterocycles. The fourth-order valence-corrected chi connectivity index (χ4v) is 5.82. The van der Waals surface area contributed by atoms with Crippen LogP contribution in [0.15, 0.2) is 0 Å². The largest absolute Gasteiger partial charge is 0.481 e. The molecule has 0 aromatic carbocycles. The summed E-state index contributed by atoms with van der Waals surface area (Å²) in [6.07, 6.45) is 21.8. The van der Waals surface area contributed by atoms with E-state index in [1.54, 1.807) is 11.8 Å². The van der Waals surface area contributed by atoms with Gasteiger partial charge in [-0.15, -0.1) is 0 Å². The van der Waals surface area contributed by atoms with Crippen LogP contribution in [0.2, 0.25) is 0 Å². The van der Waals surface area contributed by atoms with Gasteiger partial charge in [-0.3, -0.25) is 9.36 Å². The number of unbranched alkanes of at least 4 members (excludes halogenated alkanes) is 16. The van der Waals surface area contributed by atoms with E-state index in [0.717, 1.165) is 18.6 Å². The summed E-state index contributed by atoms with van der Waals surface area (Å²) < 4.78 is 23.0. The molecule has 0 aromatic heterocycles. The number of hydrogen-bond acceptors (Lipinski definition) is 5. The fraction of sp³-hybridized carbons (Fsp3) is 0.963. The Morgan fingerprint density at radius 1 is 0.757 bits per heavy atom. The quantitative estimate of drug-likeness (QED) is 0.0553. The number of carboxylic acid groups (broad SMARTS) is 1. The van der Waals surface area contributed by atoms with Crippen LogP contribution in [0.5, 0.6) is 0 Å². The number of rotatable bonds is 28. The second kappa shape index (κ2) is 32.4. The Morgan fingerprint density at radius 3 is 1.65 bits per heavy atom. The first-order valence-electron chi connectivity index (χ1n) is 14.3. The van der Waals surface area contributed by atoms with E-state index in [-0.39, 0.29) is 71.8 Å². The Bertz CT molecular complexity index is 531. The van der Waals surface area contributed by atoms with E-state index in [4.69, 9.17) is 14.4 Å². The zero-order chi connectivity index (χ0) is 26.0. The Labute approximate surface area is 277 Å². The van der Waals surface area contributed by atoms with Crippen LogP contribution in [-0.2, 0) is 18.6 Å². The molecule has 2 unspecified atom stereocenters. The molecule has 0 heterocycles. The maximum absolute atomic E-state index is 11.9. The zero-order valence-electron chi connectivity index (χ0n) is 24.7. The summed E-state index contributed by atoms with van der Waals surface area (Å²) in [5, 5.41) is 8.78. The molecule has 6 nitrogen and oxygen atoms in total. The summed E-state index contributed by atoms with van der Waals surface area (Å²) in [6, 6.07) is 0. The van der Waals surface area contributed by atoms with Gasteiger partial charge in [-0.1, -0.05) is 117 Å². The van der Waals surface area contributed by atoms with Gasteiger partial charge in [0.2, 0.25) is 0 Å². The Balaban J connectivity index is -0.00000578. The molecule has 0 aliphatic rings. The van der Waals surface area contributed by atoms with Gasteiger partial charge in [0.15, 0.2) is 0 Å². The van der Waals surface area contributed by atoms with Gasteiger partial charge in [0.1, 0.15) is 6.16 Å². The van der Waals surface area contributed by atoms with Crippen molar-refractivity contribution in [3.63, 3.8) is 0 Å². The van der Waals surface area contributed by atoms with E-state index in [1.165, 1.54) is 103 Å². The smallest absolute Gasteiger partial charge is 0.339 e. The van der Waals surface area contributed by atoms with Crippen molar-refractivity contribution in [2.75, 3.05) is 30.9 Å². The van der Waals surface area contributed by atoms with Crippen molar-refractivity contribution in [3.05, 3.63) is 0 Å². The number of hydrogen-bond donors (Lipinski definition) is 2.